The summed E-state index contributed by atoms with van der Waals surface area (Å²) in [5.41, 5.74) is -0.891. The van der Waals surface area contributed by atoms with Gasteiger partial charge in [-0.3, -0.25) is 14.6 Å². The summed E-state index contributed by atoms with van der Waals surface area (Å²) in [5.74, 6) is 0.411. The minimum absolute atomic E-state index is 0.00545. The fourth-order valence-electron chi connectivity index (χ4n) is 10.5. The average molecular weight is 1060 g/mol. The van der Waals surface area contributed by atoms with Gasteiger partial charge in [0.25, 0.3) is 25.8 Å². The van der Waals surface area contributed by atoms with Crippen molar-refractivity contribution in [3.05, 3.63) is 119 Å². The highest BCUT2D eigenvalue weighted by molar-refractivity contribution is 7.99. The van der Waals surface area contributed by atoms with E-state index in [1.165, 1.54) is 40.6 Å². The molecular formula is C53H66ClF3N6O5S3. The molecule has 0 bridgehead atoms. The van der Waals surface area contributed by atoms with E-state index in [0.717, 1.165) is 101 Å². The quantitative estimate of drug-likeness (QED) is 0.104. The highest BCUT2D eigenvalue weighted by atomic mass is 35.5. The topological polar surface area (TPSA) is 122 Å². The minimum Gasteiger partial charge on any atom is -0.380 e. The molecule has 0 radical (unpaired) electrons. The molecule has 3 aliphatic heterocycles. The van der Waals surface area contributed by atoms with E-state index in [-0.39, 0.29) is 22.2 Å². The molecule has 3 heterocycles. The van der Waals surface area contributed by atoms with Gasteiger partial charge in [0.15, 0.2) is 0 Å². The third-order valence-corrected chi connectivity index (χ3v) is 18.9. The van der Waals surface area contributed by atoms with E-state index in [4.69, 9.17) is 11.6 Å². The first-order valence-electron chi connectivity index (χ1n) is 24.4. The standard InChI is InChI=1S/C53H66ClF3N6O5S3/c1-51(2,3)63-34-40-32-61(33-41(40)35-63)24-22-43(36-69-45-9-7-6-8-10-45)58-48-20-19-46(29-49(48)70(65,66)53(55,56)57)71(67,68)59-50(64)38-13-17-44(18-14-38)62-27-25-60(26-28-62)31-39-30-52(4,5)23-21-47(39)37-11-15-42(54)16-12-37/h6-20,29,40-41,43,58H,21-28,30-36H2,1-5H3,(H,59,64). The number of nitrogens with zero attached hydrogens (tertiary/aromatic N) is 4. The molecule has 71 heavy (non-hydrogen) atoms. The zero-order valence-electron chi connectivity index (χ0n) is 41.1. The van der Waals surface area contributed by atoms with Gasteiger partial charge in [-0.25, -0.2) is 21.6 Å². The second kappa shape index (κ2) is 21.4. The minimum atomic E-state index is -6.06. The fraction of sp³-hybridized carbons (Fsp3) is 0.491. The van der Waals surface area contributed by atoms with Crippen LogP contribution in [0.15, 0.2) is 117 Å². The summed E-state index contributed by atoms with van der Waals surface area (Å²) in [6.07, 6.45) is 3.65. The van der Waals surface area contributed by atoms with E-state index in [0.29, 0.717) is 41.6 Å². The van der Waals surface area contributed by atoms with Crippen molar-refractivity contribution < 1.29 is 34.8 Å². The van der Waals surface area contributed by atoms with E-state index in [1.807, 2.05) is 47.2 Å². The Balaban J connectivity index is 0.927. The summed E-state index contributed by atoms with van der Waals surface area (Å²) in [4.78, 5) is 21.9. The maximum atomic E-state index is 14.4. The monoisotopic (exact) mass is 1050 g/mol. The van der Waals surface area contributed by atoms with Crippen LogP contribution in [-0.4, -0.2) is 126 Å². The van der Waals surface area contributed by atoms with Crippen molar-refractivity contribution in [2.45, 2.75) is 92.1 Å². The van der Waals surface area contributed by atoms with Crippen LogP contribution in [0.25, 0.3) is 5.57 Å². The SMILES string of the molecule is CC1(C)CCC(c2ccc(Cl)cc2)=C(CN2CCN(c3ccc(C(=O)NS(=O)(=O)c4ccc(NC(CCN5CC6CN(C(C)(C)C)CC6C5)CSc5ccccc5)c(S(=O)(=O)C(F)(F)F)c4)cc3)CC2)C1. The van der Waals surface area contributed by atoms with Crippen LogP contribution in [0.4, 0.5) is 24.5 Å². The number of allylic oxidation sites excluding steroid dienone is 1. The summed E-state index contributed by atoms with van der Waals surface area (Å²) in [6, 6.07) is 26.1. The van der Waals surface area contributed by atoms with Crippen molar-refractivity contribution in [2.24, 2.45) is 17.3 Å². The number of amides is 1. The predicted octanol–water partition coefficient (Wildman–Crippen LogP) is 10.2. The first-order valence-corrected chi connectivity index (χ1v) is 28.8. The van der Waals surface area contributed by atoms with Gasteiger partial charge in [0, 0.05) is 104 Å². The van der Waals surface area contributed by atoms with Crippen molar-refractivity contribution in [1.82, 2.24) is 19.4 Å². The van der Waals surface area contributed by atoms with Gasteiger partial charge < -0.3 is 15.1 Å². The number of anilines is 2. The van der Waals surface area contributed by atoms with E-state index in [9.17, 15) is 34.8 Å². The van der Waals surface area contributed by atoms with Crippen molar-refractivity contribution in [1.29, 1.82) is 0 Å². The summed E-state index contributed by atoms with van der Waals surface area (Å²) < 4.78 is 98.9. The Morgan fingerprint density at radius 1 is 0.831 bits per heavy atom. The number of halogens is 4. The smallest absolute Gasteiger partial charge is 0.380 e. The molecule has 3 unspecified atom stereocenters. The number of nitrogens with one attached hydrogen (secondary N) is 2. The molecular weight excluding hydrogens is 989 g/mol. The zero-order valence-corrected chi connectivity index (χ0v) is 44.3. The number of sulfone groups is 1. The molecule has 1 amide bonds. The van der Waals surface area contributed by atoms with Crippen molar-refractivity contribution in [3.63, 3.8) is 0 Å². The number of alkyl halides is 3. The van der Waals surface area contributed by atoms with E-state index in [1.54, 1.807) is 12.1 Å². The largest absolute Gasteiger partial charge is 0.501 e. The Bertz CT molecular complexity index is 2770. The maximum absolute atomic E-state index is 14.4. The molecule has 18 heteroatoms. The number of likely N-dealkylation sites (tertiary alicyclic amines) is 2. The first kappa shape index (κ1) is 53.2. The van der Waals surface area contributed by atoms with Gasteiger partial charge in [-0.2, -0.15) is 13.2 Å². The van der Waals surface area contributed by atoms with Crippen molar-refractivity contribution >= 4 is 66.1 Å². The van der Waals surface area contributed by atoms with Gasteiger partial charge in [0.2, 0.25) is 0 Å². The molecule has 4 aromatic rings. The number of hydrogen-bond donors (Lipinski definition) is 2. The number of fused-ring (bicyclic) bond motifs is 1. The molecule has 2 N–H and O–H groups in total. The van der Waals surface area contributed by atoms with Crippen LogP contribution < -0.4 is 14.9 Å². The molecule has 3 saturated heterocycles. The van der Waals surface area contributed by atoms with Gasteiger partial charge in [-0.1, -0.05) is 61.4 Å². The molecule has 4 aliphatic rings. The fourth-order valence-corrected chi connectivity index (χ4v) is 13.6. The lowest BCUT2D eigenvalue weighted by Gasteiger charge is -2.39. The molecule has 384 valence electrons. The normalized spacial score (nSPS) is 21.1. The number of carbonyl (C=O) groups excluding carboxylic acids is 1. The summed E-state index contributed by atoms with van der Waals surface area (Å²) >= 11 is 7.69. The lowest BCUT2D eigenvalue weighted by molar-refractivity contribution is -0.0435. The molecule has 1 aliphatic carbocycles. The highest BCUT2D eigenvalue weighted by Crippen LogP contribution is 2.43. The van der Waals surface area contributed by atoms with Crippen LogP contribution in [0, 0.1) is 17.3 Å². The summed E-state index contributed by atoms with van der Waals surface area (Å²) in [7, 11) is -10.9. The Labute approximate surface area is 427 Å². The van der Waals surface area contributed by atoms with Crippen molar-refractivity contribution in [2.75, 3.05) is 81.4 Å². The van der Waals surface area contributed by atoms with Gasteiger partial charge in [-0.15, -0.1) is 11.8 Å². The second-order valence-corrected chi connectivity index (χ2v) is 26.5. The molecule has 11 nitrogen and oxygen atoms in total. The predicted molar refractivity (Wildman–Crippen MR) is 279 cm³/mol. The Kier molecular flexibility index (Phi) is 16.0. The number of benzene rings is 4. The maximum Gasteiger partial charge on any atom is 0.501 e. The third-order valence-electron chi connectivity index (χ3n) is 14.6. The van der Waals surface area contributed by atoms with Crippen LogP contribution in [0.5, 0.6) is 0 Å². The first-order chi connectivity index (χ1) is 33.4. The Hall–Kier alpha value is -4.10. The molecule has 0 aromatic heterocycles. The van der Waals surface area contributed by atoms with Gasteiger partial charge in [0.1, 0.15) is 4.90 Å². The van der Waals surface area contributed by atoms with Crippen LogP contribution in [-0.2, 0) is 19.9 Å². The lowest BCUT2D eigenvalue weighted by Crippen LogP contribution is -2.47. The van der Waals surface area contributed by atoms with Crippen LogP contribution in [0.1, 0.15) is 76.2 Å². The molecule has 0 saturated carbocycles. The average Bonchev–Trinajstić information content (AvgIpc) is 3.91. The van der Waals surface area contributed by atoms with Gasteiger partial charge in [-0.05, 0) is 142 Å². The van der Waals surface area contributed by atoms with Crippen LogP contribution >= 0.6 is 23.4 Å². The third kappa shape index (κ3) is 13.0. The summed E-state index contributed by atoms with van der Waals surface area (Å²) in [5, 5.41) is 3.79. The zero-order chi connectivity index (χ0) is 50.9. The van der Waals surface area contributed by atoms with Gasteiger partial charge in [0.05, 0.1) is 10.6 Å². The molecule has 0 spiro atoms. The lowest BCUT2D eigenvalue weighted by atomic mass is 9.73. The second-order valence-electron chi connectivity index (χ2n) is 21.4. The van der Waals surface area contributed by atoms with E-state index >= 15 is 0 Å². The van der Waals surface area contributed by atoms with Gasteiger partial charge >= 0.3 is 5.51 Å². The number of sulfonamides is 1. The number of carbonyl (C=O) groups is 1. The Morgan fingerprint density at radius 3 is 2.10 bits per heavy atom. The number of rotatable bonds is 16. The van der Waals surface area contributed by atoms with Crippen LogP contribution in [0.2, 0.25) is 5.02 Å². The van der Waals surface area contributed by atoms with Crippen molar-refractivity contribution in [3.8, 4) is 0 Å². The highest BCUT2D eigenvalue weighted by Gasteiger charge is 2.49. The summed E-state index contributed by atoms with van der Waals surface area (Å²) in [6.45, 7) is 19.7. The van der Waals surface area contributed by atoms with Crippen LogP contribution in [0.3, 0.4) is 0 Å². The van der Waals surface area contributed by atoms with E-state index in [2.05, 4.69) is 71.7 Å². The molecule has 8 rings (SSSR count). The number of thioether (sulfide) groups is 1. The Morgan fingerprint density at radius 2 is 1.48 bits per heavy atom. The molecule has 3 fully saturated rings. The van der Waals surface area contributed by atoms with E-state index < -0.39 is 47.1 Å². The number of hydrogen-bond acceptors (Lipinski definition) is 11. The number of piperazine rings is 1. The molecule has 4 aromatic carbocycles. The molecule has 3 atom stereocenters.